The highest BCUT2D eigenvalue weighted by Crippen LogP contribution is 1.97. The van der Waals surface area contributed by atoms with E-state index in [2.05, 4.69) is 10.6 Å². The molecule has 0 aromatic heterocycles. The lowest BCUT2D eigenvalue weighted by Crippen LogP contribution is -2.46. The zero-order valence-corrected chi connectivity index (χ0v) is 12.3. The highest BCUT2D eigenvalue weighted by atomic mass is 32.2. The lowest BCUT2D eigenvalue weighted by molar-refractivity contribution is -0.141. The van der Waals surface area contributed by atoms with Crippen molar-refractivity contribution in [1.29, 1.82) is 0 Å². The van der Waals surface area contributed by atoms with Gasteiger partial charge in [0.05, 0.1) is 12.3 Å². The summed E-state index contributed by atoms with van der Waals surface area (Å²) in [6.45, 7) is 3.88. The summed E-state index contributed by atoms with van der Waals surface area (Å²) in [6, 6.07) is -1.02. The number of carbonyl (C=O) groups excluding carboxylic acids is 1. The van der Waals surface area contributed by atoms with Gasteiger partial charge in [-0.05, 0) is 19.8 Å². The third-order valence-electron chi connectivity index (χ3n) is 2.63. The minimum atomic E-state index is -3.25. The second kappa shape index (κ2) is 8.11. The molecule has 0 aliphatic carbocycles. The highest BCUT2D eigenvalue weighted by Gasteiger charge is 2.21. The van der Waals surface area contributed by atoms with E-state index in [0.29, 0.717) is 0 Å². The van der Waals surface area contributed by atoms with Gasteiger partial charge < -0.3 is 15.7 Å². The zero-order valence-electron chi connectivity index (χ0n) is 11.5. The number of sulfone groups is 1. The van der Waals surface area contributed by atoms with E-state index in [4.69, 9.17) is 5.11 Å². The van der Waals surface area contributed by atoms with Crippen LogP contribution in [0.25, 0.3) is 0 Å². The van der Waals surface area contributed by atoms with Crippen LogP contribution in [0, 0.1) is 0 Å². The van der Waals surface area contributed by atoms with Crippen molar-refractivity contribution >= 4 is 21.7 Å². The van der Waals surface area contributed by atoms with Crippen LogP contribution in [0.4, 0.5) is 0 Å². The maximum atomic E-state index is 11.5. The second-order valence-electron chi connectivity index (χ2n) is 4.57. The first-order valence-electron chi connectivity index (χ1n) is 6.09. The Morgan fingerprint density at radius 1 is 1.32 bits per heavy atom. The fourth-order valence-electron chi connectivity index (χ4n) is 1.25. The minimum Gasteiger partial charge on any atom is -0.480 e. The molecule has 0 rings (SSSR count). The molecule has 0 radical (unpaired) electrons. The standard InChI is InChI=1S/C11H22N2O5S/c1-4-8(2)12-7-10(14)13-9(11(15)16)5-6-19(3,17)18/h8-9,12H,4-7H2,1-3H3,(H,13,14)(H,15,16). The van der Waals surface area contributed by atoms with Crippen LogP contribution in [-0.4, -0.2) is 56.0 Å². The van der Waals surface area contributed by atoms with Gasteiger partial charge in [0.1, 0.15) is 15.9 Å². The van der Waals surface area contributed by atoms with Gasteiger partial charge in [-0.2, -0.15) is 0 Å². The summed E-state index contributed by atoms with van der Waals surface area (Å²) in [5, 5.41) is 14.1. The quantitative estimate of drug-likeness (QED) is 0.522. The molecule has 8 heteroatoms. The lowest BCUT2D eigenvalue weighted by Gasteiger charge is -2.16. The minimum absolute atomic E-state index is 0.0116. The molecule has 2 atom stereocenters. The third-order valence-corrected chi connectivity index (χ3v) is 3.61. The first kappa shape index (κ1) is 17.8. The number of amides is 1. The number of carboxylic acid groups (broad SMARTS) is 1. The Kier molecular flexibility index (Phi) is 7.62. The average Bonchev–Trinajstić information content (AvgIpc) is 2.29. The number of hydrogen-bond acceptors (Lipinski definition) is 5. The van der Waals surface area contributed by atoms with Crippen LogP contribution >= 0.6 is 0 Å². The van der Waals surface area contributed by atoms with Crippen LogP contribution in [0.5, 0.6) is 0 Å². The van der Waals surface area contributed by atoms with Gasteiger partial charge in [0.25, 0.3) is 0 Å². The van der Waals surface area contributed by atoms with Crippen LogP contribution in [0.2, 0.25) is 0 Å². The summed E-state index contributed by atoms with van der Waals surface area (Å²) < 4.78 is 22.0. The molecular weight excluding hydrogens is 272 g/mol. The summed E-state index contributed by atoms with van der Waals surface area (Å²) in [6.07, 6.45) is 1.74. The van der Waals surface area contributed by atoms with E-state index in [9.17, 15) is 18.0 Å². The number of rotatable bonds is 9. The number of aliphatic carboxylic acids is 1. The van der Waals surface area contributed by atoms with Crippen molar-refractivity contribution < 1.29 is 23.1 Å². The lowest BCUT2D eigenvalue weighted by atomic mass is 10.2. The van der Waals surface area contributed by atoms with E-state index < -0.39 is 27.8 Å². The molecule has 2 unspecified atom stereocenters. The molecule has 0 aromatic carbocycles. The largest absolute Gasteiger partial charge is 0.480 e. The Balaban J connectivity index is 4.27. The van der Waals surface area contributed by atoms with Crippen LogP contribution in [0.15, 0.2) is 0 Å². The predicted molar refractivity (Wildman–Crippen MR) is 71.7 cm³/mol. The zero-order chi connectivity index (χ0) is 15.1. The number of carboxylic acids is 1. The van der Waals surface area contributed by atoms with Crippen LogP contribution in [0.3, 0.4) is 0 Å². The summed E-state index contributed by atoms with van der Waals surface area (Å²) in [5.74, 6) is -1.97. The predicted octanol–water partition coefficient (Wildman–Crippen LogP) is -0.621. The fraction of sp³-hybridized carbons (Fsp3) is 0.818. The number of hydrogen-bond donors (Lipinski definition) is 3. The Morgan fingerprint density at radius 3 is 2.32 bits per heavy atom. The highest BCUT2D eigenvalue weighted by molar-refractivity contribution is 7.90. The molecule has 0 aliphatic rings. The third kappa shape index (κ3) is 9.43. The van der Waals surface area contributed by atoms with Gasteiger partial charge in [0.2, 0.25) is 5.91 Å². The van der Waals surface area contributed by atoms with Crippen LogP contribution < -0.4 is 10.6 Å². The molecule has 0 fully saturated rings. The number of nitrogens with one attached hydrogen (secondary N) is 2. The second-order valence-corrected chi connectivity index (χ2v) is 6.83. The van der Waals surface area contributed by atoms with Crippen molar-refractivity contribution in [2.45, 2.75) is 38.8 Å². The van der Waals surface area contributed by atoms with Crippen LogP contribution in [0.1, 0.15) is 26.7 Å². The van der Waals surface area contributed by atoms with Gasteiger partial charge in [-0.1, -0.05) is 6.92 Å². The van der Waals surface area contributed by atoms with E-state index in [0.717, 1.165) is 12.7 Å². The topological polar surface area (TPSA) is 113 Å². The van der Waals surface area contributed by atoms with Crippen molar-refractivity contribution in [2.75, 3.05) is 18.6 Å². The van der Waals surface area contributed by atoms with Gasteiger partial charge in [-0.25, -0.2) is 13.2 Å². The molecule has 0 aliphatic heterocycles. The summed E-state index contributed by atoms with van der Waals surface area (Å²) in [5.41, 5.74) is 0. The Bertz CT molecular complexity index is 407. The van der Waals surface area contributed by atoms with Gasteiger partial charge >= 0.3 is 5.97 Å². The van der Waals surface area contributed by atoms with Crippen molar-refractivity contribution in [3.05, 3.63) is 0 Å². The summed E-state index contributed by atoms with van der Waals surface area (Å²) in [4.78, 5) is 22.4. The molecule has 0 saturated heterocycles. The average molecular weight is 294 g/mol. The maximum absolute atomic E-state index is 11.5. The van der Waals surface area contributed by atoms with E-state index >= 15 is 0 Å². The van der Waals surface area contributed by atoms with Crippen molar-refractivity contribution in [3.8, 4) is 0 Å². The summed E-state index contributed by atoms with van der Waals surface area (Å²) >= 11 is 0. The molecule has 0 saturated carbocycles. The van der Waals surface area contributed by atoms with Gasteiger partial charge in [0.15, 0.2) is 0 Å². The molecule has 0 bridgehead atoms. The summed E-state index contributed by atoms with van der Waals surface area (Å²) in [7, 11) is -3.25. The molecule has 0 aromatic rings. The molecule has 0 spiro atoms. The van der Waals surface area contributed by atoms with Crippen molar-refractivity contribution in [3.63, 3.8) is 0 Å². The van der Waals surface area contributed by atoms with Gasteiger partial charge in [-0.3, -0.25) is 4.79 Å². The Hall–Kier alpha value is -1.15. The first-order chi connectivity index (χ1) is 8.65. The van der Waals surface area contributed by atoms with E-state index in [1.54, 1.807) is 0 Å². The van der Waals surface area contributed by atoms with Crippen LogP contribution in [-0.2, 0) is 19.4 Å². The van der Waals surface area contributed by atoms with E-state index in [1.807, 2.05) is 13.8 Å². The Morgan fingerprint density at radius 2 is 1.89 bits per heavy atom. The molecule has 1 amide bonds. The molecule has 112 valence electrons. The first-order valence-corrected chi connectivity index (χ1v) is 8.15. The molecule has 3 N–H and O–H groups in total. The Labute approximate surface area is 113 Å². The number of carbonyl (C=O) groups is 2. The molecule has 19 heavy (non-hydrogen) atoms. The van der Waals surface area contributed by atoms with Crippen molar-refractivity contribution in [1.82, 2.24) is 10.6 Å². The van der Waals surface area contributed by atoms with E-state index in [-0.39, 0.29) is 24.8 Å². The van der Waals surface area contributed by atoms with Gasteiger partial charge in [0, 0.05) is 12.3 Å². The van der Waals surface area contributed by atoms with E-state index in [1.165, 1.54) is 0 Å². The molecule has 7 nitrogen and oxygen atoms in total. The fourth-order valence-corrected chi connectivity index (χ4v) is 1.91. The molecule has 0 heterocycles. The van der Waals surface area contributed by atoms with Crippen molar-refractivity contribution in [2.24, 2.45) is 0 Å². The maximum Gasteiger partial charge on any atom is 0.326 e. The normalized spacial score (nSPS) is 14.7. The van der Waals surface area contributed by atoms with Gasteiger partial charge in [-0.15, -0.1) is 0 Å². The smallest absolute Gasteiger partial charge is 0.326 e. The molecular formula is C11H22N2O5S. The SMILES string of the molecule is CCC(C)NCC(=O)NC(CCS(C)(=O)=O)C(=O)O. The monoisotopic (exact) mass is 294 g/mol.